The quantitative estimate of drug-likeness (QED) is 0.597. The molecular weight excluding hydrogens is 412 g/mol. The summed E-state index contributed by atoms with van der Waals surface area (Å²) in [6.07, 6.45) is 7.68. The molecule has 2 amide bonds. The van der Waals surface area contributed by atoms with Crippen molar-refractivity contribution in [2.45, 2.75) is 45.1 Å². The van der Waals surface area contributed by atoms with Crippen LogP contribution in [0.3, 0.4) is 0 Å². The van der Waals surface area contributed by atoms with Crippen LogP contribution in [0, 0.1) is 5.41 Å². The van der Waals surface area contributed by atoms with Crippen LogP contribution >= 0.6 is 0 Å². The number of rotatable bonds is 4. The van der Waals surface area contributed by atoms with Gasteiger partial charge in [0.25, 0.3) is 5.91 Å². The molecule has 2 heterocycles. The summed E-state index contributed by atoms with van der Waals surface area (Å²) >= 11 is 0. The summed E-state index contributed by atoms with van der Waals surface area (Å²) < 4.78 is 2.17. The molecule has 0 unspecified atom stereocenters. The van der Waals surface area contributed by atoms with E-state index < -0.39 is 0 Å². The molecule has 2 aromatic carbocycles. The summed E-state index contributed by atoms with van der Waals surface area (Å²) in [5, 5.41) is 5.78. The smallest absolute Gasteiger partial charge is 0.253 e. The molecule has 2 aliphatic carbocycles. The first-order valence-electron chi connectivity index (χ1n) is 12.2. The van der Waals surface area contributed by atoms with Gasteiger partial charge in [0, 0.05) is 42.5 Å². The number of nitrogens with zero attached hydrogens (tertiary/aromatic N) is 4. The Labute approximate surface area is 194 Å². The molecule has 0 spiro atoms. The Bertz CT molecular complexity index is 1210. The standard InChI is InChI=1S/C27H30N4O2/c1-27(11-12-27)26(33)30-15-13-29(14-16-30)25(32)20-7-5-19(6-8-20)21-9-10-24-22(17-21)18-28-31(24)23-3-2-4-23/h5-10,17-18,23H,2-4,11-16H2,1H3. The van der Waals surface area contributed by atoms with E-state index >= 15 is 0 Å². The van der Waals surface area contributed by atoms with Crippen LogP contribution in [0.2, 0.25) is 0 Å². The number of benzene rings is 2. The lowest BCUT2D eigenvalue weighted by atomic mass is 9.93. The van der Waals surface area contributed by atoms with Crippen LogP contribution in [-0.4, -0.2) is 57.6 Å². The van der Waals surface area contributed by atoms with Crippen molar-refractivity contribution in [1.29, 1.82) is 0 Å². The second kappa shape index (κ2) is 7.72. The van der Waals surface area contributed by atoms with Gasteiger partial charge in [0.1, 0.15) is 0 Å². The van der Waals surface area contributed by atoms with Crippen molar-refractivity contribution in [3.63, 3.8) is 0 Å². The van der Waals surface area contributed by atoms with Gasteiger partial charge in [-0.25, -0.2) is 0 Å². The van der Waals surface area contributed by atoms with Crippen LogP contribution in [0.1, 0.15) is 55.4 Å². The number of fused-ring (bicyclic) bond motifs is 1. The molecular formula is C27H30N4O2. The predicted molar refractivity (Wildman–Crippen MR) is 128 cm³/mol. The summed E-state index contributed by atoms with van der Waals surface area (Å²) in [7, 11) is 0. The molecule has 6 nitrogen and oxygen atoms in total. The van der Waals surface area contributed by atoms with Crippen molar-refractivity contribution in [2.24, 2.45) is 5.41 Å². The van der Waals surface area contributed by atoms with Crippen LogP contribution in [-0.2, 0) is 4.79 Å². The lowest BCUT2D eigenvalue weighted by Crippen LogP contribution is -2.52. The molecule has 0 radical (unpaired) electrons. The molecule has 170 valence electrons. The number of aromatic nitrogens is 2. The Morgan fingerprint density at radius 1 is 0.909 bits per heavy atom. The van der Waals surface area contributed by atoms with Gasteiger partial charge in [-0.05, 0) is 67.5 Å². The Balaban J connectivity index is 1.13. The van der Waals surface area contributed by atoms with E-state index in [2.05, 4.69) is 28.0 Å². The van der Waals surface area contributed by atoms with Crippen LogP contribution in [0.25, 0.3) is 22.0 Å². The minimum Gasteiger partial charge on any atom is -0.339 e. The molecule has 1 aromatic heterocycles. The summed E-state index contributed by atoms with van der Waals surface area (Å²) in [6, 6.07) is 14.9. The largest absolute Gasteiger partial charge is 0.339 e. The lowest BCUT2D eigenvalue weighted by Gasteiger charge is -2.36. The summed E-state index contributed by atoms with van der Waals surface area (Å²) in [5.74, 6) is 0.303. The number of carbonyl (C=O) groups is 2. The van der Waals surface area contributed by atoms with Crippen molar-refractivity contribution < 1.29 is 9.59 Å². The highest BCUT2D eigenvalue weighted by Crippen LogP contribution is 2.46. The van der Waals surface area contributed by atoms with Crippen LogP contribution in [0.4, 0.5) is 0 Å². The highest BCUT2D eigenvalue weighted by atomic mass is 16.2. The first-order valence-corrected chi connectivity index (χ1v) is 12.2. The van der Waals surface area contributed by atoms with Crippen molar-refractivity contribution in [3.05, 3.63) is 54.2 Å². The van der Waals surface area contributed by atoms with Crippen LogP contribution in [0.5, 0.6) is 0 Å². The molecule has 0 bridgehead atoms. The Morgan fingerprint density at radius 2 is 1.58 bits per heavy atom. The highest BCUT2D eigenvalue weighted by Gasteiger charge is 2.47. The third-order valence-corrected chi connectivity index (χ3v) is 7.85. The molecule has 3 aliphatic rings. The van der Waals surface area contributed by atoms with E-state index in [1.165, 1.54) is 24.8 Å². The predicted octanol–water partition coefficient (Wildman–Crippen LogP) is 4.51. The van der Waals surface area contributed by atoms with Crippen molar-refractivity contribution in [3.8, 4) is 11.1 Å². The van der Waals surface area contributed by atoms with Gasteiger partial charge in [0.05, 0.1) is 17.8 Å². The molecule has 6 rings (SSSR count). The summed E-state index contributed by atoms with van der Waals surface area (Å²) in [5.41, 5.74) is 3.99. The fourth-order valence-corrected chi connectivity index (χ4v) is 5.04. The monoisotopic (exact) mass is 442 g/mol. The van der Waals surface area contributed by atoms with Crippen molar-refractivity contribution >= 4 is 22.7 Å². The van der Waals surface area contributed by atoms with E-state index in [0.29, 0.717) is 37.8 Å². The van der Waals surface area contributed by atoms with Gasteiger partial charge >= 0.3 is 0 Å². The third kappa shape index (κ3) is 3.62. The number of amides is 2. The maximum Gasteiger partial charge on any atom is 0.253 e. The Hall–Kier alpha value is -3.15. The van der Waals surface area contributed by atoms with E-state index in [4.69, 9.17) is 0 Å². The van der Waals surface area contributed by atoms with Crippen molar-refractivity contribution in [1.82, 2.24) is 19.6 Å². The first-order chi connectivity index (χ1) is 16.0. The average Bonchev–Trinajstić information content (AvgIpc) is 3.45. The van der Waals surface area contributed by atoms with Gasteiger partial charge in [-0.1, -0.05) is 25.1 Å². The average molecular weight is 443 g/mol. The van der Waals surface area contributed by atoms with E-state index in [9.17, 15) is 9.59 Å². The molecule has 3 aromatic rings. The summed E-state index contributed by atoms with van der Waals surface area (Å²) in [6.45, 7) is 4.51. The van der Waals surface area contributed by atoms with Gasteiger partial charge in [-0.15, -0.1) is 0 Å². The second-order valence-electron chi connectivity index (χ2n) is 10.2. The van der Waals surface area contributed by atoms with Crippen LogP contribution < -0.4 is 0 Å². The minimum atomic E-state index is -0.138. The Kier molecular flexibility index (Phi) is 4.78. The normalized spacial score (nSPS) is 20.0. The van der Waals surface area contributed by atoms with Gasteiger partial charge in [-0.3, -0.25) is 14.3 Å². The molecule has 2 saturated carbocycles. The number of carbonyl (C=O) groups excluding carboxylic acids is 2. The zero-order valence-corrected chi connectivity index (χ0v) is 19.2. The molecule has 1 saturated heterocycles. The molecule has 0 N–H and O–H groups in total. The molecule has 33 heavy (non-hydrogen) atoms. The van der Waals surface area contributed by atoms with E-state index in [1.54, 1.807) is 0 Å². The molecule has 3 fully saturated rings. The zero-order chi connectivity index (χ0) is 22.6. The van der Waals surface area contributed by atoms with Gasteiger partial charge in [0.15, 0.2) is 0 Å². The number of hydrogen-bond acceptors (Lipinski definition) is 3. The SMILES string of the molecule is CC1(C(=O)N2CCN(C(=O)c3ccc(-c4ccc5c(cnn5C5CCC5)c4)cc3)CC2)CC1. The fraction of sp³-hybridized carbons (Fsp3) is 0.444. The topological polar surface area (TPSA) is 58.4 Å². The van der Waals surface area contributed by atoms with E-state index in [0.717, 1.165) is 29.4 Å². The van der Waals surface area contributed by atoms with Gasteiger partial charge in [0.2, 0.25) is 5.91 Å². The van der Waals surface area contributed by atoms with Crippen molar-refractivity contribution in [2.75, 3.05) is 26.2 Å². The lowest BCUT2D eigenvalue weighted by molar-refractivity contribution is -0.137. The number of hydrogen-bond donors (Lipinski definition) is 0. The zero-order valence-electron chi connectivity index (χ0n) is 19.2. The fourth-order valence-electron chi connectivity index (χ4n) is 5.04. The molecule has 1 aliphatic heterocycles. The molecule has 6 heteroatoms. The van der Waals surface area contributed by atoms with Gasteiger partial charge in [-0.2, -0.15) is 5.10 Å². The molecule has 0 atom stereocenters. The minimum absolute atomic E-state index is 0.0449. The maximum absolute atomic E-state index is 13.0. The first kappa shape index (κ1) is 20.5. The maximum atomic E-state index is 13.0. The van der Waals surface area contributed by atoms with E-state index in [-0.39, 0.29) is 17.2 Å². The highest BCUT2D eigenvalue weighted by molar-refractivity contribution is 5.95. The Morgan fingerprint density at radius 3 is 2.21 bits per heavy atom. The van der Waals surface area contributed by atoms with E-state index in [1.807, 2.05) is 47.2 Å². The summed E-state index contributed by atoms with van der Waals surface area (Å²) in [4.78, 5) is 29.4. The second-order valence-corrected chi connectivity index (χ2v) is 10.2. The van der Waals surface area contributed by atoms with Crippen LogP contribution in [0.15, 0.2) is 48.7 Å². The third-order valence-electron chi connectivity index (χ3n) is 7.85. The van der Waals surface area contributed by atoms with Gasteiger partial charge < -0.3 is 9.80 Å². The number of piperazine rings is 1.